The first-order valence-electron chi connectivity index (χ1n) is 44.2. The third-order valence-electron chi connectivity index (χ3n) is 20.4. The van der Waals surface area contributed by atoms with Crippen LogP contribution in [0.3, 0.4) is 0 Å². The summed E-state index contributed by atoms with van der Waals surface area (Å²) in [6, 6.07) is 0. The second-order valence-corrected chi connectivity index (χ2v) is 33.7. The van der Waals surface area contributed by atoms with Crippen LogP contribution in [0.25, 0.3) is 0 Å². The SMILES string of the molecule is CCCCCCCCCCCCCCCCCCCCCCC(=O)O[C@H](COC(=O)CCCCCCCCCCCCCCCCCCCCC)COP(=O)(O)OC[C@@H](O)COP(=O)(O)OC[C@@H](COC(=O)CCCCCCCCC)OC(=O)CCCCCCCCCCCCCCCCC(C)CC. The molecule has 0 aromatic heterocycles. The molecule has 3 unspecified atom stereocenters. The summed E-state index contributed by atoms with van der Waals surface area (Å²) in [4.78, 5) is 73.0. The molecule has 0 fully saturated rings. The van der Waals surface area contributed by atoms with E-state index in [1.165, 1.54) is 270 Å². The Morgan fingerprint density at radius 3 is 0.683 bits per heavy atom. The number of carbonyl (C=O) groups is 4. The number of unbranched alkanes of at least 4 members (excludes halogenated alkanes) is 56. The van der Waals surface area contributed by atoms with Gasteiger partial charge in [0.05, 0.1) is 26.4 Å². The van der Waals surface area contributed by atoms with Crippen molar-refractivity contribution in [2.45, 2.75) is 477 Å². The number of hydrogen-bond donors (Lipinski definition) is 3. The number of aliphatic hydroxyl groups is 1. The smallest absolute Gasteiger partial charge is 0.462 e. The quantitative estimate of drug-likeness (QED) is 0.0222. The zero-order valence-corrected chi connectivity index (χ0v) is 70.0. The minimum Gasteiger partial charge on any atom is -0.462 e. The van der Waals surface area contributed by atoms with E-state index in [1.807, 2.05) is 0 Å². The van der Waals surface area contributed by atoms with Gasteiger partial charge in [-0.2, -0.15) is 0 Å². The van der Waals surface area contributed by atoms with E-state index in [2.05, 4.69) is 34.6 Å². The maximum absolute atomic E-state index is 13.1. The van der Waals surface area contributed by atoms with E-state index in [4.69, 9.17) is 37.0 Å². The Morgan fingerprint density at radius 1 is 0.269 bits per heavy atom. The molecule has 104 heavy (non-hydrogen) atoms. The normalized spacial score (nSPS) is 14.0. The summed E-state index contributed by atoms with van der Waals surface area (Å²) in [5.74, 6) is -1.26. The van der Waals surface area contributed by atoms with Gasteiger partial charge in [0, 0.05) is 25.7 Å². The van der Waals surface area contributed by atoms with Crippen molar-refractivity contribution in [3.05, 3.63) is 0 Å². The molecule has 0 heterocycles. The van der Waals surface area contributed by atoms with Gasteiger partial charge in [-0.1, -0.05) is 407 Å². The van der Waals surface area contributed by atoms with Gasteiger partial charge in [-0.15, -0.1) is 0 Å². The van der Waals surface area contributed by atoms with Gasteiger partial charge in [-0.3, -0.25) is 37.3 Å². The molecule has 0 aromatic carbocycles. The van der Waals surface area contributed by atoms with Crippen LogP contribution in [0.1, 0.15) is 458 Å². The average molecular weight is 1520 g/mol. The largest absolute Gasteiger partial charge is 0.472 e. The second kappa shape index (κ2) is 77.8. The van der Waals surface area contributed by atoms with Crippen molar-refractivity contribution in [2.75, 3.05) is 39.6 Å². The Kier molecular flexibility index (Phi) is 76.3. The van der Waals surface area contributed by atoms with Crippen molar-refractivity contribution in [1.29, 1.82) is 0 Å². The van der Waals surface area contributed by atoms with Crippen molar-refractivity contribution in [3.63, 3.8) is 0 Å². The highest BCUT2D eigenvalue weighted by Crippen LogP contribution is 2.45. The Balaban J connectivity index is 5.16. The van der Waals surface area contributed by atoms with Crippen molar-refractivity contribution >= 4 is 39.5 Å². The summed E-state index contributed by atoms with van der Waals surface area (Å²) in [7, 11) is -9.92. The molecular formula is C85H166O17P2. The van der Waals surface area contributed by atoms with Gasteiger partial charge in [0.15, 0.2) is 12.2 Å². The predicted molar refractivity (Wildman–Crippen MR) is 428 cm³/mol. The lowest BCUT2D eigenvalue weighted by Crippen LogP contribution is -2.30. The third kappa shape index (κ3) is 76.8. The van der Waals surface area contributed by atoms with Gasteiger partial charge in [-0.25, -0.2) is 9.13 Å². The lowest BCUT2D eigenvalue weighted by molar-refractivity contribution is -0.161. The third-order valence-corrected chi connectivity index (χ3v) is 22.3. The summed E-state index contributed by atoms with van der Waals surface area (Å²) >= 11 is 0. The monoisotopic (exact) mass is 1520 g/mol. The van der Waals surface area contributed by atoms with Crippen LogP contribution in [-0.4, -0.2) is 96.7 Å². The highest BCUT2D eigenvalue weighted by atomic mass is 31.2. The van der Waals surface area contributed by atoms with Gasteiger partial charge in [0.2, 0.25) is 0 Å². The zero-order chi connectivity index (χ0) is 76.2. The van der Waals surface area contributed by atoms with Gasteiger partial charge < -0.3 is 33.8 Å². The molecule has 19 heteroatoms. The molecule has 0 radical (unpaired) electrons. The summed E-state index contributed by atoms with van der Waals surface area (Å²) in [5.41, 5.74) is 0. The number of carbonyl (C=O) groups excluding carboxylic acids is 4. The highest BCUT2D eigenvalue weighted by Gasteiger charge is 2.30. The molecular weight excluding hydrogens is 1350 g/mol. The van der Waals surface area contributed by atoms with Gasteiger partial charge in [0.25, 0.3) is 0 Å². The predicted octanol–water partition coefficient (Wildman–Crippen LogP) is 26.0. The topological polar surface area (TPSA) is 237 Å². The number of phosphoric ester groups is 2. The van der Waals surface area contributed by atoms with E-state index in [0.29, 0.717) is 25.7 Å². The maximum Gasteiger partial charge on any atom is 0.472 e. The first-order chi connectivity index (χ1) is 50.6. The fraction of sp³-hybridized carbons (Fsp3) is 0.953. The van der Waals surface area contributed by atoms with Crippen LogP contribution in [0.15, 0.2) is 0 Å². The minimum atomic E-state index is -4.96. The van der Waals surface area contributed by atoms with Crippen molar-refractivity contribution in [2.24, 2.45) is 5.92 Å². The minimum absolute atomic E-state index is 0.108. The fourth-order valence-electron chi connectivity index (χ4n) is 13.3. The molecule has 0 bridgehead atoms. The number of hydrogen-bond acceptors (Lipinski definition) is 15. The van der Waals surface area contributed by atoms with Gasteiger partial charge in [-0.05, 0) is 31.6 Å². The zero-order valence-electron chi connectivity index (χ0n) is 68.2. The molecule has 17 nitrogen and oxygen atoms in total. The Bertz CT molecular complexity index is 1980. The van der Waals surface area contributed by atoms with Crippen LogP contribution in [0.4, 0.5) is 0 Å². The van der Waals surface area contributed by atoms with Crippen LogP contribution in [-0.2, 0) is 65.4 Å². The summed E-state index contributed by atoms with van der Waals surface area (Å²) in [5, 5.41) is 10.7. The second-order valence-electron chi connectivity index (χ2n) is 30.8. The van der Waals surface area contributed by atoms with Crippen LogP contribution in [0, 0.1) is 5.92 Å². The molecule has 0 spiro atoms. The molecule has 0 aromatic rings. The van der Waals surface area contributed by atoms with Crippen molar-refractivity contribution < 1.29 is 80.2 Å². The first-order valence-corrected chi connectivity index (χ1v) is 47.2. The number of ether oxygens (including phenoxy) is 4. The number of rotatable bonds is 85. The Hall–Kier alpha value is -1.94. The van der Waals surface area contributed by atoms with E-state index in [-0.39, 0.29) is 25.7 Å². The number of phosphoric acid groups is 2. The molecule has 0 saturated carbocycles. The van der Waals surface area contributed by atoms with E-state index in [0.717, 1.165) is 109 Å². The molecule has 0 aliphatic heterocycles. The molecule has 0 amide bonds. The number of aliphatic hydroxyl groups excluding tert-OH is 1. The molecule has 0 saturated heterocycles. The lowest BCUT2D eigenvalue weighted by atomic mass is 9.99. The average Bonchev–Trinajstić information content (AvgIpc) is 0.905. The Labute approximate surface area is 638 Å². The summed E-state index contributed by atoms with van der Waals surface area (Å²) in [6.45, 7) is 7.37. The number of esters is 4. The molecule has 6 atom stereocenters. The van der Waals surface area contributed by atoms with Crippen LogP contribution < -0.4 is 0 Å². The maximum atomic E-state index is 13.1. The van der Waals surface area contributed by atoms with E-state index >= 15 is 0 Å². The summed E-state index contributed by atoms with van der Waals surface area (Å²) < 4.78 is 68.7. The van der Waals surface area contributed by atoms with Crippen LogP contribution in [0.5, 0.6) is 0 Å². The van der Waals surface area contributed by atoms with Gasteiger partial charge in [0.1, 0.15) is 19.3 Å². The van der Waals surface area contributed by atoms with E-state index in [9.17, 15) is 43.2 Å². The molecule has 0 aliphatic rings. The molecule has 0 aliphatic carbocycles. The fourth-order valence-corrected chi connectivity index (χ4v) is 14.8. The van der Waals surface area contributed by atoms with Crippen molar-refractivity contribution in [3.8, 4) is 0 Å². The van der Waals surface area contributed by atoms with Crippen LogP contribution >= 0.6 is 15.6 Å². The van der Waals surface area contributed by atoms with E-state index in [1.54, 1.807) is 0 Å². The van der Waals surface area contributed by atoms with Crippen molar-refractivity contribution in [1.82, 2.24) is 0 Å². The lowest BCUT2D eigenvalue weighted by Gasteiger charge is -2.21. The van der Waals surface area contributed by atoms with E-state index < -0.39 is 97.5 Å². The summed E-state index contributed by atoms with van der Waals surface area (Å²) in [6.07, 6.45) is 71.0. The van der Waals surface area contributed by atoms with Crippen LogP contribution in [0.2, 0.25) is 0 Å². The standard InChI is InChI=1S/C85H166O17P2/c1-6-10-13-16-19-21-23-25-27-29-31-33-35-37-42-46-50-55-60-65-71-85(90)102-81(75-96-83(88)69-64-59-54-49-45-41-36-34-32-30-28-26-24-22-20-17-14-11-7-2)77-100-104(93,94)98-73-79(86)72-97-103(91,92)99-76-80(74-95-82(87)68-63-58-52-18-15-12-8-3)101-84(89)70-66-61-56-51-47-43-39-38-40-44-48-53-57-62-67-78(5)9-4/h78-81,86H,6-77H2,1-5H3,(H,91,92)(H,93,94)/t78?,79-,80+,81+/m0/s1. The highest BCUT2D eigenvalue weighted by molar-refractivity contribution is 7.47. The Morgan fingerprint density at radius 2 is 0.462 bits per heavy atom. The molecule has 3 N–H and O–H groups in total. The molecule has 618 valence electrons. The first kappa shape index (κ1) is 102. The molecule has 0 rings (SSSR count). The van der Waals surface area contributed by atoms with Gasteiger partial charge >= 0.3 is 39.5 Å².